The van der Waals surface area contributed by atoms with Crippen LogP contribution in [0, 0.1) is 0 Å². The van der Waals surface area contributed by atoms with E-state index in [-0.39, 0.29) is 54.9 Å². The first-order chi connectivity index (χ1) is 18.8. The first kappa shape index (κ1) is 25.8. The summed E-state index contributed by atoms with van der Waals surface area (Å²) < 4.78 is 87.9. The molecule has 0 spiro atoms. The van der Waals surface area contributed by atoms with Gasteiger partial charge in [0.1, 0.15) is 32.4 Å². The highest BCUT2D eigenvalue weighted by atomic mass is 32.1. The maximum atomic E-state index is 13.8. The number of carbonyl (C=O) groups is 2. The van der Waals surface area contributed by atoms with Gasteiger partial charge in [0.2, 0.25) is 0 Å². The molecule has 0 unspecified atom stereocenters. The number of nitrogens with zero attached hydrogens (tertiary/aromatic N) is 4. The minimum atomic E-state index is -4.85. The van der Waals surface area contributed by atoms with E-state index in [0.29, 0.717) is 34.8 Å². The number of alkyl halides is 6. The molecule has 0 bridgehead atoms. The fraction of sp³-hybridized carbons (Fsp3) is 0.208. The molecule has 9 nitrogen and oxygen atoms in total. The van der Waals surface area contributed by atoms with Crippen molar-refractivity contribution >= 4 is 44.7 Å². The Hall–Kier alpha value is -4.47. The predicted octanol–water partition coefficient (Wildman–Crippen LogP) is 5.87. The average molecular weight is 580 g/mol. The third-order valence-corrected chi connectivity index (χ3v) is 7.32. The molecule has 5 heterocycles. The molecule has 1 saturated carbocycles. The lowest BCUT2D eigenvalue weighted by Crippen LogP contribution is -2.18. The summed E-state index contributed by atoms with van der Waals surface area (Å²) in [6, 6.07) is 4.38. The molecule has 40 heavy (non-hydrogen) atoms. The number of nitrogens with one attached hydrogen (secondary N) is 1. The number of fused-ring (bicyclic) bond motifs is 2. The number of anilines is 1. The van der Waals surface area contributed by atoms with Crippen LogP contribution in [0.25, 0.3) is 27.2 Å². The quantitative estimate of drug-likeness (QED) is 0.251. The molecule has 1 aliphatic carbocycles. The molecule has 206 valence electrons. The van der Waals surface area contributed by atoms with Crippen molar-refractivity contribution in [3.63, 3.8) is 0 Å². The molecule has 1 fully saturated rings. The molecule has 0 saturated heterocycles. The van der Waals surface area contributed by atoms with E-state index in [0.717, 1.165) is 12.3 Å². The van der Waals surface area contributed by atoms with Gasteiger partial charge in [0.25, 0.3) is 11.8 Å². The number of halogens is 6. The summed E-state index contributed by atoms with van der Waals surface area (Å²) in [4.78, 5) is 33.0. The Bertz CT molecular complexity index is 1820. The van der Waals surface area contributed by atoms with Crippen LogP contribution in [-0.2, 0) is 12.4 Å². The number of hydrogen-bond acceptors (Lipinski definition) is 7. The summed E-state index contributed by atoms with van der Waals surface area (Å²) in [5.74, 6) is -2.31. The zero-order chi connectivity index (χ0) is 28.6. The standard InChI is InChI=1S/C24H14F6N6O3S/c25-23(26,27)14-6-10(13-2-1-5-39-13)16-17(18(19(31)37)40-22(16)34-14)35-21(38)11-8-32-36-15(24(28,29)30)7-12(9-3-4-9)33-20(11)36/h1-2,5-9H,3-4H2,(H2,31,37)(H,35,38). The Morgan fingerprint density at radius 1 is 1.10 bits per heavy atom. The number of pyridine rings is 1. The SMILES string of the molecule is NC(=O)c1sc2nc(C(F)(F)F)cc(-c3ccco3)c2c1NC(=O)c1cnn2c(C(F)(F)F)cc(C3CC3)nc12. The van der Waals surface area contributed by atoms with E-state index >= 15 is 0 Å². The number of nitrogens with two attached hydrogens (primary N) is 1. The Morgan fingerprint density at radius 3 is 2.45 bits per heavy atom. The maximum Gasteiger partial charge on any atom is 0.433 e. The van der Waals surface area contributed by atoms with Gasteiger partial charge >= 0.3 is 12.4 Å². The van der Waals surface area contributed by atoms with E-state index < -0.39 is 35.6 Å². The van der Waals surface area contributed by atoms with E-state index in [9.17, 15) is 35.9 Å². The van der Waals surface area contributed by atoms with E-state index in [1.54, 1.807) is 0 Å². The minimum absolute atomic E-state index is 0.0243. The second-order valence-corrected chi connectivity index (χ2v) is 9.97. The highest BCUT2D eigenvalue weighted by Gasteiger charge is 2.39. The summed E-state index contributed by atoms with van der Waals surface area (Å²) >= 11 is 0.510. The lowest BCUT2D eigenvalue weighted by atomic mass is 10.1. The van der Waals surface area contributed by atoms with Crippen LogP contribution >= 0.6 is 11.3 Å². The van der Waals surface area contributed by atoms with Gasteiger partial charge in [-0.1, -0.05) is 0 Å². The summed E-state index contributed by atoms with van der Waals surface area (Å²) in [6.45, 7) is 0. The third-order valence-electron chi connectivity index (χ3n) is 6.22. The largest absolute Gasteiger partial charge is 0.464 e. The number of thiophene rings is 1. The van der Waals surface area contributed by atoms with Crippen molar-refractivity contribution < 1.29 is 40.3 Å². The molecule has 6 rings (SSSR count). The molecular formula is C24H14F6N6O3S. The zero-order valence-corrected chi connectivity index (χ0v) is 20.5. The van der Waals surface area contributed by atoms with Crippen molar-refractivity contribution in [2.24, 2.45) is 5.73 Å². The molecule has 1 aliphatic rings. The van der Waals surface area contributed by atoms with Gasteiger partial charge < -0.3 is 15.5 Å². The third kappa shape index (κ3) is 4.33. The Balaban J connectivity index is 1.53. The van der Waals surface area contributed by atoms with Crippen LogP contribution in [-0.4, -0.2) is 31.4 Å². The molecule has 0 radical (unpaired) electrons. The molecule has 3 N–H and O–H groups in total. The maximum absolute atomic E-state index is 13.8. The number of amides is 2. The Morgan fingerprint density at radius 2 is 1.85 bits per heavy atom. The number of aromatic nitrogens is 4. The van der Waals surface area contributed by atoms with Gasteiger partial charge in [-0.2, -0.15) is 31.4 Å². The lowest BCUT2D eigenvalue weighted by Gasteiger charge is -2.12. The molecule has 5 aromatic rings. The van der Waals surface area contributed by atoms with Crippen LogP contribution in [0.15, 0.2) is 41.1 Å². The molecule has 0 aromatic carbocycles. The summed E-state index contributed by atoms with van der Waals surface area (Å²) in [7, 11) is 0. The lowest BCUT2D eigenvalue weighted by molar-refractivity contribution is -0.143. The van der Waals surface area contributed by atoms with Crippen molar-refractivity contribution in [3.8, 4) is 11.3 Å². The fourth-order valence-corrected chi connectivity index (χ4v) is 5.28. The highest BCUT2D eigenvalue weighted by Crippen LogP contribution is 2.44. The number of furan rings is 1. The van der Waals surface area contributed by atoms with Crippen LogP contribution < -0.4 is 11.1 Å². The van der Waals surface area contributed by atoms with Crippen LogP contribution in [0.5, 0.6) is 0 Å². The Kier molecular flexibility index (Phi) is 5.65. The monoisotopic (exact) mass is 580 g/mol. The van der Waals surface area contributed by atoms with Crippen molar-refractivity contribution in [1.82, 2.24) is 19.6 Å². The van der Waals surface area contributed by atoms with Gasteiger partial charge in [0.05, 0.1) is 18.1 Å². The summed E-state index contributed by atoms with van der Waals surface area (Å²) in [6.07, 6.45) is -6.27. The van der Waals surface area contributed by atoms with Crippen molar-refractivity contribution in [2.75, 3.05) is 5.32 Å². The predicted molar refractivity (Wildman–Crippen MR) is 129 cm³/mol. The second-order valence-electron chi connectivity index (χ2n) is 8.97. The van der Waals surface area contributed by atoms with Crippen LogP contribution in [0.3, 0.4) is 0 Å². The second kappa shape index (κ2) is 8.77. The van der Waals surface area contributed by atoms with E-state index in [2.05, 4.69) is 20.4 Å². The van der Waals surface area contributed by atoms with Gasteiger partial charge in [-0.3, -0.25) is 9.59 Å². The van der Waals surface area contributed by atoms with Crippen molar-refractivity contribution in [1.29, 1.82) is 0 Å². The minimum Gasteiger partial charge on any atom is -0.464 e. The van der Waals surface area contributed by atoms with Gasteiger partial charge in [0.15, 0.2) is 5.65 Å². The average Bonchev–Trinajstić information content (AvgIpc) is 3.25. The number of hydrogen-bond donors (Lipinski definition) is 2. The first-order valence-corrected chi connectivity index (χ1v) is 12.3. The normalized spacial score (nSPS) is 14.2. The van der Waals surface area contributed by atoms with Gasteiger partial charge in [-0.15, -0.1) is 11.3 Å². The number of primary amides is 1. The molecule has 0 aliphatic heterocycles. The van der Waals surface area contributed by atoms with Crippen molar-refractivity contribution in [2.45, 2.75) is 31.1 Å². The smallest absolute Gasteiger partial charge is 0.433 e. The van der Waals surface area contributed by atoms with E-state index in [1.807, 2.05) is 0 Å². The van der Waals surface area contributed by atoms with Gasteiger partial charge in [-0.25, -0.2) is 14.5 Å². The highest BCUT2D eigenvalue weighted by molar-refractivity contribution is 7.21. The first-order valence-electron chi connectivity index (χ1n) is 11.5. The molecule has 0 atom stereocenters. The molecule has 5 aromatic heterocycles. The van der Waals surface area contributed by atoms with Crippen LogP contribution in [0.1, 0.15) is 55.9 Å². The number of carbonyl (C=O) groups excluding carboxylic acids is 2. The fourth-order valence-electron chi connectivity index (χ4n) is 4.28. The van der Waals surface area contributed by atoms with E-state index in [1.165, 1.54) is 18.4 Å². The zero-order valence-electron chi connectivity index (χ0n) is 19.7. The van der Waals surface area contributed by atoms with E-state index in [4.69, 9.17) is 10.2 Å². The Labute approximate surface area is 222 Å². The number of rotatable bonds is 5. The summed E-state index contributed by atoms with van der Waals surface area (Å²) in [5.41, 5.74) is 2.07. The molecule has 2 amide bonds. The summed E-state index contributed by atoms with van der Waals surface area (Å²) in [5, 5.41) is 6.06. The van der Waals surface area contributed by atoms with Gasteiger partial charge in [-0.05, 0) is 37.1 Å². The van der Waals surface area contributed by atoms with Crippen LogP contribution in [0.2, 0.25) is 0 Å². The van der Waals surface area contributed by atoms with Crippen molar-refractivity contribution in [3.05, 3.63) is 64.2 Å². The molecular weight excluding hydrogens is 566 g/mol. The topological polar surface area (TPSA) is 128 Å². The van der Waals surface area contributed by atoms with Gasteiger partial charge in [0, 0.05) is 22.6 Å². The van der Waals surface area contributed by atoms with Crippen LogP contribution in [0.4, 0.5) is 32.0 Å². The molecule has 16 heteroatoms.